The monoisotopic (exact) mass is 258 g/mol. The molecule has 17 heavy (non-hydrogen) atoms. The van der Waals surface area contributed by atoms with Gasteiger partial charge in [0.2, 0.25) is 0 Å². The van der Waals surface area contributed by atoms with Crippen LogP contribution in [0.4, 0.5) is 0 Å². The van der Waals surface area contributed by atoms with E-state index in [0.29, 0.717) is 5.56 Å². The highest BCUT2D eigenvalue weighted by Crippen LogP contribution is 2.25. The number of rotatable bonds is 5. The van der Waals surface area contributed by atoms with Gasteiger partial charge in [-0.05, 0) is 18.1 Å². The standard InChI is InChI=1S/C12H18O4S/c1-3-17(15,16)11(8-13)12(14)10-7-5-4-6-9(10)2/h4-7,11-14H,3,8H2,1-2H3/t11-,12-/m0/s1. The molecule has 0 aliphatic carbocycles. The highest BCUT2D eigenvalue weighted by molar-refractivity contribution is 7.92. The lowest BCUT2D eigenvalue weighted by molar-refractivity contribution is 0.137. The van der Waals surface area contributed by atoms with Crippen molar-refractivity contribution in [3.8, 4) is 0 Å². The Morgan fingerprint density at radius 3 is 2.35 bits per heavy atom. The molecule has 1 aromatic rings. The van der Waals surface area contributed by atoms with Crippen molar-refractivity contribution in [1.29, 1.82) is 0 Å². The van der Waals surface area contributed by atoms with Gasteiger partial charge in [0.05, 0.1) is 12.7 Å². The molecule has 0 radical (unpaired) electrons. The average molecular weight is 258 g/mol. The van der Waals surface area contributed by atoms with Crippen LogP contribution in [-0.2, 0) is 9.84 Å². The molecule has 2 atom stereocenters. The number of aryl methyl sites for hydroxylation is 1. The first-order chi connectivity index (χ1) is 7.94. The van der Waals surface area contributed by atoms with E-state index in [9.17, 15) is 18.6 Å². The van der Waals surface area contributed by atoms with Gasteiger partial charge in [0.1, 0.15) is 5.25 Å². The predicted molar refractivity (Wildman–Crippen MR) is 66.5 cm³/mol. The summed E-state index contributed by atoms with van der Waals surface area (Å²) in [6.45, 7) is 2.72. The van der Waals surface area contributed by atoms with Crippen LogP contribution in [0.2, 0.25) is 0 Å². The Balaban J connectivity index is 3.11. The minimum absolute atomic E-state index is 0.0961. The van der Waals surface area contributed by atoms with Crippen LogP contribution >= 0.6 is 0 Å². The van der Waals surface area contributed by atoms with E-state index in [1.54, 1.807) is 25.1 Å². The van der Waals surface area contributed by atoms with Gasteiger partial charge in [-0.3, -0.25) is 0 Å². The highest BCUT2D eigenvalue weighted by Gasteiger charge is 2.32. The Hall–Kier alpha value is -0.910. The topological polar surface area (TPSA) is 74.6 Å². The van der Waals surface area contributed by atoms with Crippen LogP contribution in [0.5, 0.6) is 0 Å². The Bertz CT molecular complexity index is 467. The second-order valence-corrected chi connectivity index (χ2v) is 6.48. The van der Waals surface area contributed by atoms with Crippen molar-refractivity contribution in [3.05, 3.63) is 35.4 Å². The molecule has 96 valence electrons. The van der Waals surface area contributed by atoms with Crippen LogP contribution < -0.4 is 0 Å². The van der Waals surface area contributed by atoms with Gasteiger partial charge in [-0.25, -0.2) is 8.42 Å². The average Bonchev–Trinajstić information content (AvgIpc) is 2.30. The third-order valence-corrected chi connectivity index (χ3v) is 5.04. The fourth-order valence-electron chi connectivity index (χ4n) is 1.74. The molecule has 5 heteroatoms. The zero-order valence-corrected chi connectivity index (χ0v) is 10.8. The maximum atomic E-state index is 11.7. The zero-order valence-electron chi connectivity index (χ0n) is 10.00. The normalized spacial score (nSPS) is 15.5. The molecule has 2 N–H and O–H groups in total. The summed E-state index contributed by atoms with van der Waals surface area (Å²) in [5.74, 6) is -0.0961. The summed E-state index contributed by atoms with van der Waals surface area (Å²) in [5.41, 5.74) is 1.35. The first-order valence-electron chi connectivity index (χ1n) is 5.50. The van der Waals surface area contributed by atoms with E-state index in [-0.39, 0.29) is 5.75 Å². The van der Waals surface area contributed by atoms with E-state index in [4.69, 9.17) is 0 Å². The van der Waals surface area contributed by atoms with Crippen LogP contribution in [0.1, 0.15) is 24.2 Å². The lowest BCUT2D eigenvalue weighted by Gasteiger charge is -2.22. The van der Waals surface area contributed by atoms with Crippen molar-refractivity contribution >= 4 is 9.84 Å². The maximum Gasteiger partial charge on any atom is 0.158 e. The Labute approximate surface area is 102 Å². The van der Waals surface area contributed by atoms with Crippen LogP contribution in [-0.4, -0.2) is 36.2 Å². The van der Waals surface area contributed by atoms with Crippen molar-refractivity contribution in [2.75, 3.05) is 12.4 Å². The Morgan fingerprint density at radius 2 is 1.88 bits per heavy atom. The summed E-state index contributed by atoms with van der Waals surface area (Å²) in [6, 6.07) is 7.02. The minimum Gasteiger partial charge on any atom is -0.395 e. The van der Waals surface area contributed by atoms with Gasteiger partial charge >= 0.3 is 0 Å². The maximum absolute atomic E-state index is 11.7. The molecule has 0 aromatic heterocycles. The molecule has 0 fully saturated rings. The molecule has 4 nitrogen and oxygen atoms in total. The van der Waals surface area contributed by atoms with E-state index in [2.05, 4.69) is 0 Å². The number of benzene rings is 1. The fraction of sp³-hybridized carbons (Fsp3) is 0.500. The molecule has 0 saturated carbocycles. The van der Waals surface area contributed by atoms with Crippen molar-refractivity contribution in [1.82, 2.24) is 0 Å². The quantitative estimate of drug-likeness (QED) is 0.820. The molecule has 0 unspecified atom stereocenters. The van der Waals surface area contributed by atoms with Crippen LogP contribution in [0.3, 0.4) is 0 Å². The number of aliphatic hydroxyl groups excluding tert-OH is 2. The molecule has 0 amide bonds. The molecule has 0 aliphatic heterocycles. The smallest absolute Gasteiger partial charge is 0.158 e. The van der Waals surface area contributed by atoms with Gasteiger partial charge < -0.3 is 10.2 Å². The molecule has 0 heterocycles. The molecule has 0 saturated heterocycles. The van der Waals surface area contributed by atoms with Crippen LogP contribution in [0.25, 0.3) is 0 Å². The third-order valence-electron chi connectivity index (χ3n) is 2.90. The first kappa shape index (κ1) is 14.2. The first-order valence-corrected chi connectivity index (χ1v) is 7.21. The lowest BCUT2D eigenvalue weighted by Crippen LogP contribution is -2.33. The molecule has 1 aromatic carbocycles. The van der Waals surface area contributed by atoms with Crippen LogP contribution in [0.15, 0.2) is 24.3 Å². The number of hydrogen-bond acceptors (Lipinski definition) is 4. The van der Waals surface area contributed by atoms with Gasteiger partial charge in [-0.2, -0.15) is 0 Å². The molecule has 1 rings (SSSR count). The SMILES string of the molecule is CCS(=O)(=O)[C@@H](CO)[C@@H](O)c1ccccc1C. The number of hydrogen-bond donors (Lipinski definition) is 2. The van der Waals surface area contributed by atoms with Gasteiger partial charge in [0.15, 0.2) is 9.84 Å². The second-order valence-electron chi connectivity index (χ2n) is 3.97. The van der Waals surface area contributed by atoms with E-state index in [1.165, 1.54) is 6.92 Å². The van der Waals surface area contributed by atoms with Crippen molar-refractivity contribution in [2.45, 2.75) is 25.2 Å². The number of sulfone groups is 1. The molecule has 0 spiro atoms. The molecule has 0 aliphatic rings. The van der Waals surface area contributed by atoms with Crippen LogP contribution in [0, 0.1) is 6.92 Å². The Morgan fingerprint density at radius 1 is 1.29 bits per heavy atom. The summed E-state index contributed by atoms with van der Waals surface area (Å²) in [5, 5.41) is 18.1. The van der Waals surface area contributed by atoms with Gasteiger partial charge in [-0.1, -0.05) is 31.2 Å². The van der Waals surface area contributed by atoms with Crippen molar-refractivity contribution in [2.24, 2.45) is 0 Å². The molecule has 0 bridgehead atoms. The van der Waals surface area contributed by atoms with Gasteiger partial charge in [0.25, 0.3) is 0 Å². The minimum atomic E-state index is -3.47. The number of aliphatic hydroxyl groups is 2. The van der Waals surface area contributed by atoms with Gasteiger partial charge in [0, 0.05) is 5.75 Å². The summed E-state index contributed by atoms with van der Waals surface area (Å²) in [7, 11) is -3.47. The summed E-state index contributed by atoms with van der Waals surface area (Å²) >= 11 is 0. The summed E-state index contributed by atoms with van der Waals surface area (Å²) in [4.78, 5) is 0. The predicted octanol–water partition coefficient (Wildman–Crippen LogP) is 0.824. The summed E-state index contributed by atoms with van der Waals surface area (Å²) < 4.78 is 23.5. The molecular formula is C12H18O4S. The fourth-order valence-corrected chi connectivity index (χ4v) is 2.94. The lowest BCUT2D eigenvalue weighted by atomic mass is 10.0. The van der Waals surface area contributed by atoms with E-state index in [1.807, 2.05) is 6.07 Å². The Kier molecular flexibility index (Phi) is 4.68. The summed E-state index contributed by atoms with van der Waals surface area (Å²) in [6.07, 6.45) is -1.19. The van der Waals surface area contributed by atoms with E-state index >= 15 is 0 Å². The molecular weight excluding hydrogens is 240 g/mol. The zero-order chi connectivity index (χ0) is 13.1. The second kappa shape index (κ2) is 5.62. The third kappa shape index (κ3) is 3.06. The van der Waals surface area contributed by atoms with Crippen molar-refractivity contribution < 1.29 is 18.6 Å². The van der Waals surface area contributed by atoms with E-state index < -0.39 is 27.8 Å². The van der Waals surface area contributed by atoms with E-state index in [0.717, 1.165) is 5.56 Å². The van der Waals surface area contributed by atoms with Crippen molar-refractivity contribution in [3.63, 3.8) is 0 Å². The highest BCUT2D eigenvalue weighted by atomic mass is 32.2. The van der Waals surface area contributed by atoms with Gasteiger partial charge in [-0.15, -0.1) is 0 Å². The largest absolute Gasteiger partial charge is 0.395 e.